The molecule has 0 saturated heterocycles. The highest BCUT2D eigenvalue weighted by Crippen LogP contribution is 2.17. The summed E-state index contributed by atoms with van der Waals surface area (Å²) in [4.78, 5) is 16.2. The Labute approximate surface area is 126 Å². The number of nitrogens with zero attached hydrogens (tertiary/aromatic N) is 2. The van der Waals surface area contributed by atoms with Gasteiger partial charge in [-0.3, -0.25) is 0 Å². The Morgan fingerprint density at radius 1 is 1.24 bits per heavy atom. The summed E-state index contributed by atoms with van der Waals surface area (Å²) in [7, 11) is 1.77. The van der Waals surface area contributed by atoms with Gasteiger partial charge in [-0.1, -0.05) is 41.9 Å². The topological polar surface area (TPSA) is 44.1 Å². The van der Waals surface area contributed by atoms with Gasteiger partial charge >= 0.3 is 5.97 Å². The van der Waals surface area contributed by atoms with Crippen LogP contribution in [-0.4, -0.2) is 15.5 Å². The van der Waals surface area contributed by atoms with Crippen LogP contribution in [0.1, 0.15) is 16.2 Å². The Bertz CT molecular complexity index is 811. The fourth-order valence-corrected chi connectivity index (χ4v) is 2.23. The van der Waals surface area contributed by atoms with Crippen LogP contribution in [0.4, 0.5) is 0 Å². The molecule has 0 aliphatic carbocycles. The van der Waals surface area contributed by atoms with Crippen molar-refractivity contribution >= 4 is 28.3 Å². The molecule has 4 nitrogen and oxygen atoms in total. The Hall–Kier alpha value is -2.33. The lowest BCUT2D eigenvalue weighted by Crippen LogP contribution is -2.08. The standard InChI is InChI=1S/C16H13ClN2O2/c1-19-14(17)9-18-15(19)10-21-16(20)13-7-6-11-4-2-3-5-12(11)8-13/h2-9H,10H2,1H3. The van der Waals surface area contributed by atoms with E-state index in [-0.39, 0.29) is 12.6 Å². The molecule has 0 fully saturated rings. The quantitative estimate of drug-likeness (QED) is 0.694. The molecular weight excluding hydrogens is 288 g/mol. The van der Waals surface area contributed by atoms with Gasteiger partial charge in [0.1, 0.15) is 17.6 Å². The van der Waals surface area contributed by atoms with Gasteiger partial charge in [0.15, 0.2) is 0 Å². The second-order valence-corrected chi connectivity index (χ2v) is 5.08. The molecule has 0 bridgehead atoms. The van der Waals surface area contributed by atoms with Crippen molar-refractivity contribution in [2.75, 3.05) is 0 Å². The van der Waals surface area contributed by atoms with E-state index >= 15 is 0 Å². The third kappa shape index (κ3) is 2.76. The number of fused-ring (bicyclic) bond motifs is 1. The molecule has 0 unspecified atom stereocenters. The van der Waals surface area contributed by atoms with Crippen LogP contribution in [0, 0.1) is 0 Å². The number of esters is 1. The van der Waals surface area contributed by atoms with Crippen molar-refractivity contribution in [1.82, 2.24) is 9.55 Å². The van der Waals surface area contributed by atoms with Gasteiger partial charge in [0.2, 0.25) is 0 Å². The lowest BCUT2D eigenvalue weighted by atomic mass is 10.1. The summed E-state index contributed by atoms with van der Waals surface area (Å²) in [6.07, 6.45) is 1.53. The number of hydrogen-bond acceptors (Lipinski definition) is 3. The van der Waals surface area contributed by atoms with Crippen LogP contribution in [0.3, 0.4) is 0 Å². The first kappa shape index (κ1) is 13.6. The van der Waals surface area contributed by atoms with E-state index in [1.54, 1.807) is 17.7 Å². The molecule has 21 heavy (non-hydrogen) atoms. The molecule has 106 valence electrons. The number of imidazole rings is 1. The van der Waals surface area contributed by atoms with E-state index in [9.17, 15) is 4.79 Å². The second-order valence-electron chi connectivity index (χ2n) is 4.69. The summed E-state index contributed by atoms with van der Waals surface area (Å²) in [6, 6.07) is 13.4. The summed E-state index contributed by atoms with van der Waals surface area (Å²) < 4.78 is 6.95. The molecular formula is C16H13ClN2O2. The molecule has 0 atom stereocenters. The van der Waals surface area contributed by atoms with Crippen LogP contribution in [0.5, 0.6) is 0 Å². The molecule has 0 radical (unpaired) electrons. The van der Waals surface area contributed by atoms with E-state index in [0.717, 1.165) is 10.8 Å². The van der Waals surface area contributed by atoms with Crippen LogP contribution in [0.15, 0.2) is 48.7 Å². The minimum atomic E-state index is -0.375. The summed E-state index contributed by atoms with van der Waals surface area (Å²) >= 11 is 5.89. The second kappa shape index (κ2) is 5.58. The highest BCUT2D eigenvalue weighted by Gasteiger charge is 2.11. The highest BCUT2D eigenvalue weighted by molar-refractivity contribution is 6.29. The van der Waals surface area contributed by atoms with Crippen LogP contribution in [-0.2, 0) is 18.4 Å². The number of benzene rings is 2. The SMILES string of the molecule is Cn1c(Cl)cnc1COC(=O)c1ccc2ccccc2c1. The Balaban J connectivity index is 1.76. The zero-order chi connectivity index (χ0) is 14.8. The Kier molecular flexibility index (Phi) is 3.62. The first-order valence-electron chi connectivity index (χ1n) is 6.47. The van der Waals surface area contributed by atoms with Crippen molar-refractivity contribution in [3.05, 3.63) is 65.2 Å². The number of rotatable bonds is 3. The zero-order valence-corrected chi connectivity index (χ0v) is 12.2. The van der Waals surface area contributed by atoms with Gasteiger partial charge < -0.3 is 9.30 Å². The fraction of sp³-hybridized carbons (Fsp3) is 0.125. The number of ether oxygens (including phenoxy) is 1. The van der Waals surface area contributed by atoms with Gasteiger partial charge in [0.25, 0.3) is 0 Å². The molecule has 3 rings (SSSR count). The van der Waals surface area contributed by atoms with Crippen LogP contribution in [0.25, 0.3) is 10.8 Å². The van der Waals surface area contributed by atoms with Crippen molar-refractivity contribution in [3.63, 3.8) is 0 Å². The van der Waals surface area contributed by atoms with Crippen LogP contribution in [0.2, 0.25) is 5.15 Å². The average molecular weight is 301 g/mol. The fourth-order valence-electron chi connectivity index (χ4n) is 2.09. The van der Waals surface area contributed by atoms with Crippen LogP contribution >= 0.6 is 11.6 Å². The molecule has 1 heterocycles. The van der Waals surface area contributed by atoms with E-state index in [4.69, 9.17) is 16.3 Å². The van der Waals surface area contributed by atoms with Gasteiger partial charge in [-0.05, 0) is 22.9 Å². The number of aromatic nitrogens is 2. The predicted octanol–water partition coefficient (Wildman–Crippen LogP) is 3.58. The van der Waals surface area contributed by atoms with Crippen molar-refractivity contribution < 1.29 is 9.53 Å². The van der Waals surface area contributed by atoms with Crippen molar-refractivity contribution in [3.8, 4) is 0 Å². The first-order chi connectivity index (χ1) is 10.1. The molecule has 0 amide bonds. The maximum absolute atomic E-state index is 12.1. The van der Waals surface area contributed by atoms with Gasteiger partial charge in [0, 0.05) is 7.05 Å². The largest absolute Gasteiger partial charge is 0.454 e. The normalized spacial score (nSPS) is 10.8. The van der Waals surface area contributed by atoms with Gasteiger partial charge in [-0.2, -0.15) is 0 Å². The van der Waals surface area contributed by atoms with Crippen molar-refractivity contribution in [2.45, 2.75) is 6.61 Å². The third-order valence-electron chi connectivity index (χ3n) is 3.35. The van der Waals surface area contributed by atoms with E-state index in [0.29, 0.717) is 16.5 Å². The smallest absolute Gasteiger partial charge is 0.338 e. The molecule has 0 saturated carbocycles. The summed E-state index contributed by atoms with van der Waals surface area (Å²) in [5.74, 6) is 0.231. The highest BCUT2D eigenvalue weighted by atomic mass is 35.5. The zero-order valence-electron chi connectivity index (χ0n) is 11.4. The summed E-state index contributed by atoms with van der Waals surface area (Å²) in [6.45, 7) is 0.0921. The molecule has 1 aromatic heterocycles. The Morgan fingerprint density at radius 2 is 2.00 bits per heavy atom. The minimum absolute atomic E-state index is 0.0921. The minimum Gasteiger partial charge on any atom is -0.454 e. The first-order valence-corrected chi connectivity index (χ1v) is 6.85. The number of halogens is 1. The Morgan fingerprint density at radius 3 is 2.71 bits per heavy atom. The lowest BCUT2D eigenvalue weighted by Gasteiger charge is -2.06. The third-order valence-corrected chi connectivity index (χ3v) is 3.70. The predicted molar refractivity (Wildman–Crippen MR) is 81.3 cm³/mol. The number of hydrogen-bond donors (Lipinski definition) is 0. The number of carbonyl (C=O) groups excluding carboxylic acids is 1. The number of carbonyl (C=O) groups is 1. The molecule has 0 spiro atoms. The lowest BCUT2D eigenvalue weighted by molar-refractivity contribution is 0.0459. The molecule has 5 heteroatoms. The van der Waals surface area contributed by atoms with E-state index in [2.05, 4.69) is 4.98 Å². The molecule has 0 aliphatic heterocycles. The summed E-state index contributed by atoms with van der Waals surface area (Å²) in [5, 5.41) is 2.60. The molecule has 0 aliphatic rings. The van der Waals surface area contributed by atoms with Crippen LogP contribution < -0.4 is 0 Å². The van der Waals surface area contributed by atoms with Crippen molar-refractivity contribution in [2.24, 2.45) is 7.05 Å². The van der Waals surface area contributed by atoms with Gasteiger partial charge in [-0.15, -0.1) is 0 Å². The monoisotopic (exact) mass is 300 g/mol. The molecule has 3 aromatic rings. The van der Waals surface area contributed by atoms with E-state index in [1.165, 1.54) is 6.20 Å². The maximum Gasteiger partial charge on any atom is 0.338 e. The molecule has 0 N–H and O–H groups in total. The van der Waals surface area contributed by atoms with Gasteiger partial charge in [-0.25, -0.2) is 9.78 Å². The average Bonchev–Trinajstić information content (AvgIpc) is 2.84. The van der Waals surface area contributed by atoms with Crippen molar-refractivity contribution in [1.29, 1.82) is 0 Å². The summed E-state index contributed by atoms with van der Waals surface area (Å²) in [5.41, 5.74) is 0.522. The van der Waals surface area contributed by atoms with E-state index < -0.39 is 0 Å². The maximum atomic E-state index is 12.1. The van der Waals surface area contributed by atoms with Gasteiger partial charge in [0.05, 0.1) is 11.8 Å². The molecule has 2 aromatic carbocycles. The van der Waals surface area contributed by atoms with E-state index in [1.807, 2.05) is 36.4 Å².